The van der Waals surface area contributed by atoms with Crippen molar-refractivity contribution in [1.82, 2.24) is 5.32 Å². The molecule has 0 aliphatic heterocycles. The summed E-state index contributed by atoms with van der Waals surface area (Å²) >= 11 is 0. The zero-order chi connectivity index (χ0) is 10.7. The van der Waals surface area contributed by atoms with Crippen LogP contribution in [0.5, 0.6) is 0 Å². The van der Waals surface area contributed by atoms with Crippen molar-refractivity contribution in [1.29, 1.82) is 0 Å². The van der Waals surface area contributed by atoms with Gasteiger partial charge in [-0.3, -0.25) is 0 Å². The third kappa shape index (κ3) is 2.96. The molecular weight excluding hydrogens is 182 g/mol. The molecule has 2 aliphatic rings. The van der Waals surface area contributed by atoms with Crippen molar-refractivity contribution in [2.75, 3.05) is 0 Å². The number of rotatable bonds is 3. The minimum Gasteiger partial charge on any atom is -0.311 e. The van der Waals surface area contributed by atoms with E-state index in [4.69, 9.17) is 0 Å². The Hall–Kier alpha value is -0.0400. The van der Waals surface area contributed by atoms with Gasteiger partial charge in [0.05, 0.1) is 0 Å². The Morgan fingerprint density at radius 3 is 2.53 bits per heavy atom. The summed E-state index contributed by atoms with van der Waals surface area (Å²) in [5.74, 6) is 1.93. The smallest absolute Gasteiger partial charge is 0.00952 e. The van der Waals surface area contributed by atoms with E-state index < -0.39 is 0 Å². The maximum Gasteiger partial charge on any atom is 0.00952 e. The van der Waals surface area contributed by atoms with Crippen LogP contribution in [0.4, 0.5) is 0 Å². The van der Waals surface area contributed by atoms with Crippen LogP contribution in [0.3, 0.4) is 0 Å². The quantitative estimate of drug-likeness (QED) is 0.747. The molecule has 0 amide bonds. The molecule has 0 aromatic rings. The molecule has 2 saturated carbocycles. The van der Waals surface area contributed by atoms with Gasteiger partial charge in [0.25, 0.3) is 0 Å². The lowest BCUT2D eigenvalue weighted by Crippen LogP contribution is -2.42. The molecule has 2 aliphatic carbocycles. The first-order valence-electron chi connectivity index (χ1n) is 7.05. The van der Waals surface area contributed by atoms with Crippen molar-refractivity contribution in [3.8, 4) is 0 Å². The summed E-state index contributed by atoms with van der Waals surface area (Å²) in [7, 11) is 0. The minimum absolute atomic E-state index is 0.839. The van der Waals surface area contributed by atoms with Crippen LogP contribution in [0, 0.1) is 11.8 Å². The number of hydrogen-bond donors (Lipinski definition) is 1. The van der Waals surface area contributed by atoms with Gasteiger partial charge in [0, 0.05) is 12.1 Å². The molecule has 2 rings (SSSR count). The maximum absolute atomic E-state index is 3.93. The largest absolute Gasteiger partial charge is 0.311 e. The first-order chi connectivity index (χ1) is 7.29. The van der Waals surface area contributed by atoms with Gasteiger partial charge in [-0.1, -0.05) is 39.5 Å². The summed E-state index contributed by atoms with van der Waals surface area (Å²) < 4.78 is 0. The summed E-state index contributed by atoms with van der Waals surface area (Å²) in [6, 6.07) is 1.68. The summed E-state index contributed by atoms with van der Waals surface area (Å²) in [5, 5.41) is 3.93. The third-order valence-corrected chi connectivity index (χ3v) is 4.67. The average Bonchev–Trinajstić information content (AvgIpc) is 2.65. The Morgan fingerprint density at radius 1 is 1.07 bits per heavy atom. The maximum atomic E-state index is 3.93. The Labute approximate surface area is 95.0 Å². The van der Waals surface area contributed by atoms with Gasteiger partial charge in [-0.2, -0.15) is 0 Å². The van der Waals surface area contributed by atoms with Crippen LogP contribution in [0.25, 0.3) is 0 Å². The summed E-state index contributed by atoms with van der Waals surface area (Å²) in [4.78, 5) is 0. The predicted octanol–water partition coefficient (Wildman–Crippen LogP) is 3.73. The van der Waals surface area contributed by atoms with Crippen molar-refractivity contribution < 1.29 is 0 Å². The van der Waals surface area contributed by atoms with Gasteiger partial charge in [-0.05, 0) is 37.5 Å². The zero-order valence-corrected chi connectivity index (χ0v) is 10.5. The van der Waals surface area contributed by atoms with Crippen LogP contribution >= 0.6 is 0 Å². The Bertz CT molecular complexity index is 190. The molecule has 4 atom stereocenters. The van der Waals surface area contributed by atoms with Crippen molar-refractivity contribution in [2.45, 2.75) is 77.3 Å². The zero-order valence-electron chi connectivity index (χ0n) is 10.5. The van der Waals surface area contributed by atoms with Crippen LogP contribution < -0.4 is 5.32 Å². The summed E-state index contributed by atoms with van der Waals surface area (Å²) in [6.45, 7) is 4.77. The van der Waals surface area contributed by atoms with Gasteiger partial charge >= 0.3 is 0 Å². The monoisotopic (exact) mass is 209 g/mol. The molecule has 0 aromatic heterocycles. The molecule has 1 nitrogen and oxygen atoms in total. The molecule has 4 unspecified atom stereocenters. The fourth-order valence-corrected chi connectivity index (χ4v) is 3.51. The molecular formula is C14H27N. The molecule has 0 bridgehead atoms. The number of hydrogen-bond acceptors (Lipinski definition) is 1. The van der Waals surface area contributed by atoms with E-state index in [0.29, 0.717) is 0 Å². The molecule has 1 N–H and O–H groups in total. The Balaban J connectivity index is 1.78. The van der Waals surface area contributed by atoms with Gasteiger partial charge in [0.1, 0.15) is 0 Å². The van der Waals surface area contributed by atoms with Crippen molar-refractivity contribution in [3.63, 3.8) is 0 Å². The molecule has 0 radical (unpaired) electrons. The topological polar surface area (TPSA) is 12.0 Å². The van der Waals surface area contributed by atoms with E-state index in [1.807, 2.05) is 0 Å². The molecule has 0 heterocycles. The molecule has 88 valence electrons. The van der Waals surface area contributed by atoms with Crippen molar-refractivity contribution in [2.24, 2.45) is 11.8 Å². The highest BCUT2D eigenvalue weighted by Crippen LogP contribution is 2.30. The van der Waals surface area contributed by atoms with Gasteiger partial charge in [-0.25, -0.2) is 0 Å². The second-order valence-corrected chi connectivity index (χ2v) is 5.82. The molecule has 1 heteroatoms. The fourth-order valence-electron chi connectivity index (χ4n) is 3.51. The second-order valence-electron chi connectivity index (χ2n) is 5.82. The first kappa shape index (κ1) is 11.4. The Kier molecular flexibility index (Phi) is 4.07. The average molecular weight is 209 g/mol. The molecule has 0 aromatic carbocycles. The van der Waals surface area contributed by atoms with Gasteiger partial charge in [0.2, 0.25) is 0 Å². The summed E-state index contributed by atoms with van der Waals surface area (Å²) in [6.07, 6.45) is 11.5. The molecule has 2 fully saturated rings. The first-order valence-corrected chi connectivity index (χ1v) is 7.05. The lowest BCUT2D eigenvalue weighted by Gasteiger charge is -2.32. The molecule has 0 spiro atoms. The second kappa shape index (κ2) is 5.34. The Morgan fingerprint density at radius 2 is 1.87 bits per heavy atom. The van der Waals surface area contributed by atoms with Gasteiger partial charge in [0.15, 0.2) is 0 Å². The van der Waals surface area contributed by atoms with Crippen molar-refractivity contribution in [3.05, 3.63) is 0 Å². The van der Waals surface area contributed by atoms with E-state index in [-0.39, 0.29) is 0 Å². The summed E-state index contributed by atoms with van der Waals surface area (Å²) in [5.41, 5.74) is 0. The normalized spacial score (nSPS) is 42.0. The number of nitrogens with one attached hydrogen (secondary N) is 1. The van der Waals surface area contributed by atoms with Crippen LogP contribution in [-0.2, 0) is 0 Å². The van der Waals surface area contributed by atoms with E-state index >= 15 is 0 Å². The van der Waals surface area contributed by atoms with E-state index in [1.54, 1.807) is 0 Å². The standard InChI is InChI=1S/C14H27N/c1-3-12-7-5-8-13(10-12)15-14-9-4-6-11(14)2/h11-15H,3-10H2,1-2H3. The molecule has 15 heavy (non-hydrogen) atoms. The van der Waals surface area contributed by atoms with Crippen molar-refractivity contribution >= 4 is 0 Å². The lowest BCUT2D eigenvalue weighted by atomic mass is 9.83. The fraction of sp³-hybridized carbons (Fsp3) is 1.00. The SMILES string of the molecule is CCC1CCCC(NC2CCCC2C)C1. The van der Waals surface area contributed by atoms with Crippen LogP contribution in [-0.4, -0.2) is 12.1 Å². The minimum atomic E-state index is 0.839. The highest BCUT2D eigenvalue weighted by molar-refractivity contribution is 4.86. The van der Waals surface area contributed by atoms with E-state index in [1.165, 1.54) is 51.4 Å². The van der Waals surface area contributed by atoms with Gasteiger partial charge in [-0.15, -0.1) is 0 Å². The van der Waals surface area contributed by atoms with E-state index in [2.05, 4.69) is 19.2 Å². The molecule has 0 saturated heterocycles. The highest BCUT2D eigenvalue weighted by Gasteiger charge is 2.28. The van der Waals surface area contributed by atoms with E-state index in [9.17, 15) is 0 Å². The van der Waals surface area contributed by atoms with Crippen LogP contribution in [0.15, 0.2) is 0 Å². The highest BCUT2D eigenvalue weighted by atomic mass is 15.0. The van der Waals surface area contributed by atoms with Crippen LogP contribution in [0.1, 0.15) is 65.2 Å². The van der Waals surface area contributed by atoms with Crippen LogP contribution in [0.2, 0.25) is 0 Å². The lowest BCUT2D eigenvalue weighted by molar-refractivity contribution is 0.249. The van der Waals surface area contributed by atoms with Gasteiger partial charge < -0.3 is 5.32 Å². The van der Waals surface area contributed by atoms with E-state index in [0.717, 1.165) is 23.9 Å². The predicted molar refractivity (Wildman–Crippen MR) is 66.0 cm³/mol. The third-order valence-electron chi connectivity index (χ3n) is 4.67.